The molecule has 3 heterocycles. The van der Waals surface area contributed by atoms with Crippen molar-refractivity contribution in [3.63, 3.8) is 0 Å². The molecule has 3 heteroatoms. The number of fused-ring (bicyclic) bond motifs is 3. The topological polar surface area (TPSA) is 27.1 Å². The first-order valence-corrected chi connectivity index (χ1v) is 6.32. The summed E-state index contributed by atoms with van der Waals surface area (Å²) in [6, 6.07) is 8.43. The molecule has 1 aromatic carbocycles. The van der Waals surface area contributed by atoms with E-state index in [1.807, 2.05) is 12.3 Å². The standard InChI is InChI=1S/C15H14N2O/c1-18-10-4-5-14-12(9-10)11-6-7-16-13-3-2-8-17(14)15(11)13/h4-7,9H,2-3,8H2,1H3. The minimum Gasteiger partial charge on any atom is -0.497 e. The summed E-state index contributed by atoms with van der Waals surface area (Å²) < 4.78 is 7.73. The predicted octanol–water partition coefficient (Wildman–Crippen LogP) is 3.14. The van der Waals surface area contributed by atoms with Crippen molar-refractivity contribution in [2.45, 2.75) is 19.4 Å². The molecule has 0 amide bonds. The minimum atomic E-state index is 0.916. The van der Waals surface area contributed by atoms with Crippen molar-refractivity contribution < 1.29 is 4.74 Å². The lowest BCUT2D eigenvalue weighted by molar-refractivity contribution is 0.415. The quantitative estimate of drug-likeness (QED) is 0.651. The Bertz CT molecular complexity index is 758. The molecule has 0 fully saturated rings. The number of benzene rings is 1. The molecule has 4 rings (SSSR count). The van der Waals surface area contributed by atoms with Crippen molar-refractivity contribution in [2.75, 3.05) is 7.11 Å². The molecule has 0 spiro atoms. The van der Waals surface area contributed by atoms with Gasteiger partial charge in [0.25, 0.3) is 0 Å². The Kier molecular flexibility index (Phi) is 1.92. The van der Waals surface area contributed by atoms with Gasteiger partial charge in [0.05, 0.1) is 18.3 Å². The zero-order chi connectivity index (χ0) is 12.1. The number of rotatable bonds is 1. The van der Waals surface area contributed by atoms with Gasteiger partial charge in [-0.25, -0.2) is 0 Å². The summed E-state index contributed by atoms with van der Waals surface area (Å²) in [6.45, 7) is 1.09. The van der Waals surface area contributed by atoms with Gasteiger partial charge in [0.15, 0.2) is 0 Å². The number of nitrogens with zero attached hydrogens (tertiary/aromatic N) is 2. The van der Waals surface area contributed by atoms with Gasteiger partial charge in [-0.15, -0.1) is 0 Å². The number of pyridine rings is 1. The number of ether oxygens (including phenoxy) is 1. The lowest BCUT2D eigenvalue weighted by Gasteiger charge is -2.14. The van der Waals surface area contributed by atoms with Crippen molar-refractivity contribution in [1.29, 1.82) is 0 Å². The van der Waals surface area contributed by atoms with Gasteiger partial charge in [0, 0.05) is 29.0 Å². The van der Waals surface area contributed by atoms with Crippen molar-refractivity contribution in [3.05, 3.63) is 36.2 Å². The third-order valence-electron chi connectivity index (χ3n) is 3.85. The maximum Gasteiger partial charge on any atom is 0.119 e. The van der Waals surface area contributed by atoms with Crippen LogP contribution >= 0.6 is 0 Å². The minimum absolute atomic E-state index is 0.916. The van der Waals surface area contributed by atoms with Gasteiger partial charge in [-0.2, -0.15) is 0 Å². The van der Waals surface area contributed by atoms with Gasteiger partial charge in [0.2, 0.25) is 0 Å². The molecule has 0 aliphatic carbocycles. The summed E-state index contributed by atoms with van der Waals surface area (Å²) in [5.74, 6) is 0.916. The lowest BCUT2D eigenvalue weighted by atomic mass is 10.1. The van der Waals surface area contributed by atoms with E-state index in [2.05, 4.69) is 27.8 Å². The van der Waals surface area contributed by atoms with E-state index in [4.69, 9.17) is 4.74 Å². The van der Waals surface area contributed by atoms with E-state index < -0.39 is 0 Å². The number of hydrogen-bond donors (Lipinski definition) is 0. The molecule has 0 radical (unpaired) electrons. The highest BCUT2D eigenvalue weighted by Gasteiger charge is 2.18. The summed E-state index contributed by atoms with van der Waals surface area (Å²) in [5.41, 5.74) is 3.83. The third kappa shape index (κ3) is 1.16. The Morgan fingerprint density at radius 3 is 3.06 bits per heavy atom. The maximum atomic E-state index is 5.34. The van der Waals surface area contributed by atoms with E-state index in [9.17, 15) is 0 Å². The van der Waals surface area contributed by atoms with Crippen LogP contribution in [0.3, 0.4) is 0 Å². The fraction of sp³-hybridized carbons (Fsp3) is 0.267. The first kappa shape index (κ1) is 9.95. The van der Waals surface area contributed by atoms with Crippen LogP contribution in [0.25, 0.3) is 21.8 Å². The average Bonchev–Trinajstić information content (AvgIpc) is 2.76. The van der Waals surface area contributed by atoms with Crippen LogP contribution in [0.5, 0.6) is 5.75 Å². The molecule has 3 aromatic rings. The van der Waals surface area contributed by atoms with Crippen LogP contribution in [-0.2, 0) is 13.0 Å². The van der Waals surface area contributed by atoms with Crippen LogP contribution in [0.4, 0.5) is 0 Å². The highest BCUT2D eigenvalue weighted by Crippen LogP contribution is 2.35. The summed E-state index contributed by atoms with van der Waals surface area (Å²) in [4.78, 5) is 4.52. The van der Waals surface area contributed by atoms with E-state index in [-0.39, 0.29) is 0 Å². The Morgan fingerprint density at radius 2 is 2.17 bits per heavy atom. The SMILES string of the molecule is COc1ccc2c(c1)c1ccnc3c1n2CCC3. The molecular formula is C15H14N2O. The van der Waals surface area contributed by atoms with Crippen LogP contribution in [0.2, 0.25) is 0 Å². The number of aromatic nitrogens is 2. The highest BCUT2D eigenvalue weighted by atomic mass is 16.5. The monoisotopic (exact) mass is 238 g/mol. The molecule has 90 valence electrons. The van der Waals surface area contributed by atoms with Crippen molar-refractivity contribution in [2.24, 2.45) is 0 Å². The van der Waals surface area contributed by atoms with Gasteiger partial charge in [0.1, 0.15) is 5.75 Å². The van der Waals surface area contributed by atoms with Crippen LogP contribution in [0.1, 0.15) is 12.1 Å². The van der Waals surface area contributed by atoms with Crippen molar-refractivity contribution in [1.82, 2.24) is 9.55 Å². The van der Waals surface area contributed by atoms with E-state index in [1.165, 1.54) is 33.9 Å². The van der Waals surface area contributed by atoms with E-state index in [1.54, 1.807) is 7.11 Å². The third-order valence-corrected chi connectivity index (χ3v) is 3.85. The molecule has 0 N–H and O–H groups in total. The van der Waals surface area contributed by atoms with Crippen LogP contribution in [0, 0.1) is 0 Å². The van der Waals surface area contributed by atoms with Crippen LogP contribution < -0.4 is 4.74 Å². The molecule has 2 aromatic heterocycles. The molecular weight excluding hydrogens is 224 g/mol. The van der Waals surface area contributed by atoms with E-state index >= 15 is 0 Å². The average molecular weight is 238 g/mol. The summed E-state index contributed by atoms with van der Waals surface area (Å²) >= 11 is 0. The number of hydrogen-bond acceptors (Lipinski definition) is 2. The Labute approximate surface area is 105 Å². The largest absolute Gasteiger partial charge is 0.497 e. The second-order valence-corrected chi connectivity index (χ2v) is 4.79. The maximum absolute atomic E-state index is 5.34. The normalized spacial score (nSPS) is 14.3. The molecule has 1 aliphatic rings. The van der Waals surface area contributed by atoms with Gasteiger partial charge < -0.3 is 9.30 Å². The van der Waals surface area contributed by atoms with Crippen molar-refractivity contribution >= 4 is 21.8 Å². The molecule has 0 unspecified atom stereocenters. The fourth-order valence-corrected chi connectivity index (χ4v) is 3.05. The Morgan fingerprint density at radius 1 is 1.22 bits per heavy atom. The summed E-state index contributed by atoms with van der Waals surface area (Å²) in [5, 5.41) is 2.57. The molecule has 3 nitrogen and oxygen atoms in total. The predicted molar refractivity (Wildman–Crippen MR) is 72.1 cm³/mol. The zero-order valence-electron chi connectivity index (χ0n) is 10.3. The smallest absolute Gasteiger partial charge is 0.119 e. The molecule has 1 aliphatic heterocycles. The molecule has 0 bridgehead atoms. The second kappa shape index (κ2) is 3.48. The first-order chi connectivity index (χ1) is 8.88. The highest BCUT2D eigenvalue weighted by molar-refractivity contribution is 6.09. The molecule has 0 atom stereocenters. The van der Waals surface area contributed by atoms with Crippen molar-refractivity contribution in [3.8, 4) is 5.75 Å². The lowest BCUT2D eigenvalue weighted by Crippen LogP contribution is -2.08. The van der Waals surface area contributed by atoms with Gasteiger partial charge in [-0.1, -0.05) is 0 Å². The Hall–Kier alpha value is -2.03. The van der Waals surface area contributed by atoms with E-state index in [0.29, 0.717) is 0 Å². The molecule has 18 heavy (non-hydrogen) atoms. The zero-order valence-corrected chi connectivity index (χ0v) is 10.3. The fourth-order valence-electron chi connectivity index (χ4n) is 3.05. The van der Waals surface area contributed by atoms with Gasteiger partial charge in [-0.3, -0.25) is 4.98 Å². The van der Waals surface area contributed by atoms with Crippen LogP contribution in [-0.4, -0.2) is 16.7 Å². The summed E-state index contributed by atoms with van der Waals surface area (Å²) in [6.07, 6.45) is 4.19. The van der Waals surface area contributed by atoms with Gasteiger partial charge >= 0.3 is 0 Å². The first-order valence-electron chi connectivity index (χ1n) is 6.32. The number of aryl methyl sites for hydroxylation is 2. The second-order valence-electron chi connectivity index (χ2n) is 4.79. The summed E-state index contributed by atoms with van der Waals surface area (Å²) in [7, 11) is 1.71. The van der Waals surface area contributed by atoms with Crippen LogP contribution in [0.15, 0.2) is 30.5 Å². The Balaban J connectivity index is 2.23. The molecule has 0 saturated carbocycles. The van der Waals surface area contributed by atoms with E-state index in [0.717, 1.165) is 18.7 Å². The number of methoxy groups -OCH3 is 1. The van der Waals surface area contributed by atoms with Gasteiger partial charge in [-0.05, 0) is 37.1 Å². The molecule has 0 saturated heterocycles.